The van der Waals surface area contributed by atoms with Gasteiger partial charge in [-0.15, -0.1) is 10.2 Å². The summed E-state index contributed by atoms with van der Waals surface area (Å²) in [5, 5.41) is 9.41. The monoisotopic (exact) mass is 598 g/mol. The molecule has 0 radical (unpaired) electrons. The van der Waals surface area contributed by atoms with Crippen molar-refractivity contribution in [3.8, 4) is 17.0 Å². The maximum absolute atomic E-state index is 13.1. The van der Waals surface area contributed by atoms with Crippen LogP contribution in [-0.4, -0.2) is 54.3 Å². The minimum Gasteiger partial charge on any atom is -0.497 e. The van der Waals surface area contributed by atoms with E-state index < -0.39 is 5.63 Å². The van der Waals surface area contributed by atoms with E-state index in [0.29, 0.717) is 41.6 Å². The third kappa shape index (κ3) is 4.81. The zero-order chi connectivity index (χ0) is 24.5. The summed E-state index contributed by atoms with van der Waals surface area (Å²) in [6.07, 6.45) is 0. The molecular formula is C25H20Br2N4O4. The van der Waals surface area contributed by atoms with Gasteiger partial charge in [0.15, 0.2) is 11.4 Å². The first-order chi connectivity index (χ1) is 16.9. The number of hydrogen-bond acceptors (Lipinski definition) is 7. The number of hydrogen-bond donors (Lipinski definition) is 0. The second-order valence-corrected chi connectivity index (χ2v) is 9.81. The Kier molecular flexibility index (Phi) is 6.57. The molecule has 178 valence electrons. The van der Waals surface area contributed by atoms with Gasteiger partial charge in [0.1, 0.15) is 11.3 Å². The molecule has 35 heavy (non-hydrogen) atoms. The number of benzene rings is 2. The Balaban J connectivity index is 1.27. The SMILES string of the molecule is COc1ccc(-c2ccc(N3CCN(C(=O)c4cc5cc(Br)cc(Br)c5oc4=O)CC3)nn2)cc1. The topological polar surface area (TPSA) is 88.8 Å². The highest BCUT2D eigenvalue weighted by atomic mass is 79.9. The number of aromatic nitrogens is 2. The van der Waals surface area contributed by atoms with E-state index >= 15 is 0 Å². The summed E-state index contributed by atoms with van der Waals surface area (Å²) < 4.78 is 12.1. The van der Waals surface area contributed by atoms with Gasteiger partial charge in [0.2, 0.25) is 0 Å². The maximum Gasteiger partial charge on any atom is 0.349 e. The van der Waals surface area contributed by atoms with Crippen LogP contribution in [-0.2, 0) is 0 Å². The van der Waals surface area contributed by atoms with E-state index in [-0.39, 0.29) is 11.5 Å². The maximum atomic E-state index is 13.1. The molecule has 0 spiro atoms. The van der Waals surface area contributed by atoms with E-state index in [9.17, 15) is 9.59 Å². The molecule has 0 atom stereocenters. The number of carbonyl (C=O) groups excluding carboxylic acids is 1. The molecule has 0 bridgehead atoms. The summed E-state index contributed by atoms with van der Waals surface area (Å²) in [5.74, 6) is 1.19. The van der Waals surface area contributed by atoms with Crippen LogP contribution in [0.5, 0.6) is 5.75 Å². The molecule has 10 heteroatoms. The van der Waals surface area contributed by atoms with Crippen LogP contribution in [0.2, 0.25) is 0 Å². The van der Waals surface area contributed by atoms with E-state index in [4.69, 9.17) is 9.15 Å². The summed E-state index contributed by atoms with van der Waals surface area (Å²) in [5.41, 5.74) is 1.52. The average molecular weight is 600 g/mol. The Morgan fingerprint density at radius 3 is 2.37 bits per heavy atom. The molecule has 1 aliphatic heterocycles. The predicted molar refractivity (Wildman–Crippen MR) is 140 cm³/mol. The van der Waals surface area contributed by atoms with Crippen molar-refractivity contribution >= 4 is 54.6 Å². The first-order valence-corrected chi connectivity index (χ1v) is 12.5. The predicted octanol–water partition coefficient (Wildman–Crippen LogP) is 4.75. The second kappa shape index (κ2) is 9.79. The van der Waals surface area contributed by atoms with Crippen LogP contribution in [0.1, 0.15) is 10.4 Å². The molecule has 0 unspecified atom stereocenters. The second-order valence-electron chi connectivity index (χ2n) is 8.04. The highest BCUT2D eigenvalue weighted by molar-refractivity contribution is 9.11. The van der Waals surface area contributed by atoms with Crippen molar-refractivity contribution in [3.63, 3.8) is 0 Å². The van der Waals surface area contributed by atoms with Gasteiger partial charge in [-0.2, -0.15) is 0 Å². The van der Waals surface area contributed by atoms with Gasteiger partial charge < -0.3 is 19.0 Å². The fraction of sp³-hybridized carbons (Fsp3) is 0.200. The largest absolute Gasteiger partial charge is 0.497 e. The minimum absolute atomic E-state index is 0.0274. The Bertz CT molecular complexity index is 1450. The molecule has 3 heterocycles. The highest BCUT2D eigenvalue weighted by Crippen LogP contribution is 2.28. The number of ether oxygens (including phenoxy) is 1. The van der Waals surface area contributed by atoms with Crippen LogP contribution in [0.4, 0.5) is 5.82 Å². The third-order valence-corrected chi connectivity index (χ3v) is 6.96. The van der Waals surface area contributed by atoms with Crippen molar-refractivity contribution in [1.29, 1.82) is 0 Å². The van der Waals surface area contributed by atoms with Gasteiger partial charge >= 0.3 is 5.63 Å². The molecule has 1 amide bonds. The fourth-order valence-corrected chi connectivity index (χ4v) is 5.36. The molecule has 1 fully saturated rings. The lowest BCUT2D eigenvalue weighted by atomic mass is 10.1. The van der Waals surface area contributed by atoms with Crippen LogP contribution in [0.15, 0.2) is 72.8 Å². The Morgan fingerprint density at radius 2 is 1.71 bits per heavy atom. The van der Waals surface area contributed by atoms with Crippen molar-refractivity contribution in [1.82, 2.24) is 15.1 Å². The minimum atomic E-state index is -0.645. The van der Waals surface area contributed by atoms with Crippen molar-refractivity contribution in [3.05, 3.63) is 79.5 Å². The van der Waals surface area contributed by atoms with Crippen molar-refractivity contribution in [2.24, 2.45) is 0 Å². The lowest BCUT2D eigenvalue weighted by Gasteiger charge is -2.35. The first kappa shape index (κ1) is 23.5. The van der Waals surface area contributed by atoms with Crippen LogP contribution in [0.25, 0.3) is 22.2 Å². The fourth-order valence-electron chi connectivity index (χ4n) is 4.02. The quantitative estimate of drug-likeness (QED) is 0.313. The Hall–Kier alpha value is -3.24. The van der Waals surface area contributed by atoms with Gasteiger partial charge in [-0.25, -0.2) is 4.79 Å². The number of amides is 1. The van der Waals surface area contributed by atoms with Crippen molar-refractivity contribution in [2.75, 3.05) is 38.2 Å². The molecule has 0 saturated carbocycles. The molecular weight excluding hydrogens is 580 g/mol. The van der Waals surface area contributed by atoms with Gasteiger partial charge in [-0.3, -0.25) is 4.79 Å². The van der Waals surface area contributed by atoms with Gasteiger partial charge in [0.25, 0.3) is 5.91 Å². The van der Waals surface area contributed by atoms with Crippen LogP contribution < -0.4 is 15.3 Å². The van der Waals surface area contributed by atoms with E-state index in [2.05, 4.69) is 47.0 Å². The first-order valence-electron chi connectivity index (χ1n) is 10.9. The Morgan fingerprint density at radius 1 is 0.971 bits per heavy atom. The number of methoxy groups -OCH3 is 1. The zero-order valence-electron chi connectivity index (χ0n) is 18.7. The van der Waals surface area contributed by atoms with Crippen LogP contribution in [0.3, 0.4) is 0 Å². The van der Waals surface area contributed by atoms with Gasteiger partial charge in [-0.1, -0.05) is 15.9 Å². The summed E-state index contributed by atoms with van der Waals surface area (Å²) in [4.78, 5) is 29.4. The number of halogens is 2. The van der Waals surface area contributed by atoms with Crippen LogP contribution in [0, 0.1) is 0 Å². The number of nitrogens with zero attached hydrogens (tertiary/aromatic N) is 4. The smallest absolute Gasteiger partial charge is 0.349 e. The zero-order valence-corrected chi connectivity index (χ0v) is 21.9. The molecule has 0 aliphatic carbocycles. The molecule has 5 rings (SSSR count). The highest BCUT2D eigenvalue weighted by Gasteiger charge is 2.26. The molecule has 2 aromatic heterocycles. The summed E-state index contributed by atoms with van der Waals surface area (Å²) in [7, 11) is 1.63. The number of anilines is 1. The van der Waals surface area contributed by atoms with E-state index in [0.717, 1.165) is 27.3 Å². The van der Waals surface area contributed by atoms with E-state index in [1.807, 2.05) is 42.5 Å². The van der Waals surface area contributed by atoms with Crippen LogP contribution >= 0.6 is 31.9 Å². The number of carbonyl (C=O) groups is 1. The van der Waals surface area contributed by atoms with Gasteiger partial charge in [-0.05, 0) is 70.5 Å². The molecule has 1 aliphatic rings. The van der Waals surface area contributed by atoms with Gasteiger partial charge in [0, 0.05) is 41.6 Å². The standard InChI is InChI=1S/C25H20Br2N4O4/c1-34-18-4-2-15(3-5-18)21-6-7-22(29-28-21)30-8-10-31(11-9-30)24(32)19-13-16-12-17(26)14-20(27)23(16)35-25(19)33/h2-7,12-14H,8-11H2,1H3. The lowest BCUT2D eigenvalue weighted by Crippen LogP contribution is -2.49. The van der Waals surface area contributed by atoms with E-state index in [1.165, 1.54) is 0 Å². The molecule has 8 nitrogen and oxygen atoms in total. The molecule has 0 N–H and O–H groups in total. The van der Waals surface area contributed by atoms with Gasteiger partial charge in [0.05, 0.1) is 17.3 Å². The van der Waals surface area contributed by atoms with Crippen molar-refractivity contribution in [2.45, 2.75) is 0 Å². The normalized spacial score (nSPS) is 13.8. The third-order valence-electron chi connectivity index (χ3n) is 5.91. The number of fused-ring (bicyclic) bond motifs is 1. The lowest BCUT2D eigenvalue weighted by molar-refractivity contribution is 0.0742. The van der Waals surface area contributed by atoms with Crippen molar-refractivity contribution < 1.29 is 13.9 Å². The molecule has 4 aromatic rings. The Labute approximate surface area is 217 Å². The summed E-state index contributed by atoms with van der Waals surface area (Å²) in [6.45, 7) is 2.08. The number of rotatable bonds is 4. The summed E-state index contributed by atoms with van der Waals surface area (Å²) >= 11 is 6.82. The average Bonchev–Trinajstić information content (AvgIpc) is 2.89. The number of piperazine rings is 1. The van der Waals surface area contributed by atoms with E-state index in [1.54, 1.807) is 24.1 Å². The summed E-state index contributed by atoms with van der Waals surface area (Å²) in [6, 6.07) is 16.7. The molecule has 1 saturated heterocycles. The molecule has 2 aromatic carbocycles.